The molecule has 0 aliphatic carbocycles. The van der Waals surface area contributed by atoms with Crippen molar-refractivity contribution in [3.8, 4) is 17.4 Å². The van der Waals surface area contributed by atoms with Crippen LogP contribution in [0.15, 0.2) is 40.9 Å². The maximum absolute atomic E-state index is 12.9. The van der Waals surface area contributed by atoms with E-state index < -0.39 is 5.95 Å². The van der Waals surface area contributed by atoms with Crippen LogP contribution in [0.25, 0.3) is 0 Å². The fraction of sp³-hybridized carbons (Fsp3) is 0.0833. The van der Waals surface area contributed by atoms with Gasteiger partial charge in [0.15, 0.2) is 0 Å². The third-order valence-corrected chi connectivity index (χ3v) is 2.66. The van der Waals surface area contributed by atoms with Gasteiger partial charge in [-0.2, -0.15) is 9.37 Å². The van der Waals surface area contributed by atoms with Gasteiger partial charge >= 0.3 is 0 Å². The fourth-order valence-corrected chi connectivity index (χ4v) is 1.69. The first-order valence-electron chi connectivity index (χ1n) is 4.83. The Morgan fingerprint density at radius 2 is 2.06 bits per heavy atom. The molecule has 3 nitrogen and oxygen atoms in total. The van der Waals surface area contributed by atoms with Gasteiger partial charge in [-0.3, -0.25) is 0 Å². The van der Waals surface area contributed by atoms with Crippen LogP contribution in [-0.4, -0.2) is 12.1 Å². The predicted octanol–water partition coefficient (Wildman–Crippen LogP) is 3.78. The molecule has 17 heavy (non-hydrogen) atoms. The summed E-state index contributed by atoms with van der Waals surface area (Å²) in [6.07, 6.45) is 0. The largest absolute Gasteiger partial charge is 0.497 e. The second-order valence-corrected chi connectivity index (χ2v) is 4.05. The van der Waals surface area contributed by atoms with Gasteiger partial charge in [0.1, 0.15) is 11.5 Å². The summed E-state index contributed by atoms with van der Waals surface area (Å²) in [5, 5.41) is 0. The third-order valence-electron chi connectivity index (χ3n) is 2.04. The highest BCUT2D eigenvalue weighted by Gasteiger charge is 2.05. The second kappa shape index (κ2) is 5.14. The molecule has 1 aromatic heterocycles. The second-order valence-electron chi connectivity index (χ2n) is 3.20. The fourth-order valence-electron chi connectivity index (χ4n) is 1.25. The van der Waals surface area contributed by atoms with Crippen molar-refractivity contribution in [3.63, 3.8) is 0 Å². The zero-order valence-corrected chi connectivity index (χ0v) is 10.6. The van der Waals surface area contributed by atoms with E-state index in [9.17, 15) is 4.39 Å². The summed E-state index contributed by atoms with van der Waals surface area (Å²) in [7, 11) is 1.58. The molecule has 0 amide bonds. The first-order valence-corrected chi connectivity index (χ1v) is 5.62. The van der Waals surface area contributed by atoms with Gasteiger partial charge in [-0.25, -0.2) is 0 Å². The monoisotopic (exact) mass is 297 g/mol. The van der Waals surface area contributed by atoms with Crippen molar-refractivity contribution in [3.05, 3.63) is 46.8 Å². The summed E-state index contributed by atoms with van der Waals surface area (Å²) in [6.45, 7) is 0. The Bertz CT molecular complexity index is 534. The minimum absolute atomic E-state index is 0.205. The molecule has 0 aliphatic rings. The van der Waals surface area contributed by atoms with E-state index in [0.717, 1.165) is 0 Å². The van der Waals surface area contributed by atoms with Gasteiger partial charge in [-0.1, -0.05) is 6.07 Å². The quantitative estimate of drug-likeness (QED) is 0.808. The van der Waals surface area contributed by atoms with Crippen LogP contribution < -0.4 is 9.47 Å². The van der Waals surface area contributed by atoms with E-state index in [2.05, 4.69) is 20.9 Å². The SMILES string of the molecule is COc1ccc(Oc2cccc(F)n2)c(Br)c1. The predicted molar refractivity (Wildman–Crippen MR) is 65.0 cm³/mol. The Morgan fingerprint density at radius 3 is 2.71 bits per heavy atom. The van der Waals surface area contributed by atoms with E-state index in [0.29, 0.717) is 16.0 Å². The number of methoxy groups -OCH3 is 1. The van der Waals surface area contributed by atoms with Gasteiger partial charge in [0.25, 0.3) is 0 Å². The lowest BCUT2D eigenvalue weighted by molar-refractivity contribution is 0.410. The molecule has 5 heteroatoms. The smallest absolute Gasteiger partial charge is 0.221 e. The number of aromatic nitrogens is 1. The topological polar surface area (TPSA) is 31.4 Å². The van der Waals surface area contributed by atoms with Crippen LogP contribution in [0.3, 0.4) is 0 Å². The minimum Gasteiger partial charge on any atom is -0.497 e. The highest BCUT2D eigenvalue weighted by atomic mass is 79.9. The van der Waals surface area contributed by atoms with Crippen molar-refractivity contribution in [2.45, 2.75) is 0 Å². The Morgan fingerprint density at radius 1 is 1.24 bits per heavy atom. The molecular weight excluding hydrogens is 289 g/mol. The highest BCUT2D eigenvalue weighted by molar-refractivity contribution is 9.10. The molecule has 0 aliphatic heterocycles. The van der Waals surface area contributed by atoms with E-state index in [1.54, 1.807) is 31.4 Å². The van der Waals surface area contributed by atoms with E-state index in [4.69, 9.17) is 9.47 Å². The molecule has 0 spiro atoms. The average Bonchev–Trinajstić information content (AvgIpc) is 2.32. The standard InChI is InChI=1S/C12H9BrFNO2/c1-16-8-5-6-10(9(13)7-8)17-12-4-2-3-11(14)15-12/h2-7H,1H3. The van der Waals surface area contributed by atoms with Gasteiger partial charge in [0.05, 0.1) is 11.6 Å². The lowest BCUT2D eigenvalue weighted by Gasteiger charge is -2.08. The first kappa shape index (κ1) is 11.9. The van der Waals surface area contributed by atoms with Crippen LogP contribution in [0.1, 0.15) is 0 Å². The highest BCUT2D eigenvalue weighted by Crippen LogP contribution is 2.31. The number of rotatable bonds is 3. The van der Waals surface area contributed by atoms with Gasteiger partial charge in [-0.15, -0.1) is 0 Å². The summed E-state index contributed by atoms with van der Waals surface area (Å²) in [6, 6.07) is 9.61. The number of hydrogen-bond donors (Lipinski definition) is 0. The van der Waals surface area contributed by atoms with Gasteiger partial charge in [-0.05, 0) is 40.2 Å². The van der Waals surface area contributed by atoms with Crippen molar-refractivity contribution in [2.24, 2.45) is 0 Å². The van der Waals surface area contributed by atoms with Crippen molar-refractivity contribution < 1.29 is 13.9 Å². The number of pyridine rings is 1. The summed E-state index contributed by atoms with van der Waals surface area (Å²) in [4.78, 5) is 3.61. The van der Waals surface area contributed by atoms with Crippen LogP contribution in [-0.2, 0) is 0 Å². The lowest BCUT2D eigenvalue weighted by atomic mass is 10.3. The molecule has 1 heterocycles. The van der Waals surface area contributed by atoms with Crippen molar-refractivity contribution in [1.82, 2.24) is 4.98 Å². The summed E-state index contributed by atoms with van der Waals surface area (Å²) in [5.74, 6) is 0.878. The lowest BCUT2D eigenvalue weighted by Crippen LogP contribution is -1.91. The number of halogens is 2. The number of hydrogen-bond acceptors (Lipinski definition) is 3. The van der Waals surface area contributed by atoms with E-state index >= 15 is 0 Å². The maximum atomic E-state index is 12.9. The zero-order chi connectivity index (χ0) is 12.3. The normalized spacial score (nSPS) is 10.1. The molecule has 2 rings (SSSR count). The average molecular weight is 298 g/mol. The Kier molecular flexibility index (Phi) is 3.58. The molecule has 0 N–H and O–H groups in total. The molecule has 0 bridgehead atoms. The van der Waals surface area contributed by atoms with Crippen molar-refractivity contribution in [1.29, 1.82) is 0 Å². The molecule has 0 unspecified atom stereocenters. The Balaban J connectivity index is 2.24. The van der Waals surface area contributed by atoms with Crippen LogP contribution in [0.4, 0.5) is 4.39 Å². The van der Waals surface area contributed by atoms with E-state index in [-0.39, 0.29) is 5.88 Å². The number of benzene rings is 1. The molecule has 88 valence electrons. The number of nitrogens with zero attached hydrogens (tertiary/aromatic N) is 1. The van der Waals surface area contributed by atoms with Crippen LogP contribution in [0.5, 0.6) is 17.4 Å². The number of ether oxygens (including phenoxy) is 2. The van der Waals surface area contributed by atoms with Gasteiger partial charge in [0.2, 0.25) is 11.8 Å². The molecule has 1 aromatic carbocycles. The molecule has 0 atom stereocenters. The van der Waals surface area contributed by atoms with Crippen LogP contribution >= 0.6 is 15.9 Å². The maximum Gasteiger partial charge on any atom is 0.221 e. The summed E-state index contributed by atoms with van der Waals surface area (Å²) in [5.41, 5.74) is 0. The van der Waals surface area contributed by atoms with Gasteiger partial charge < -0.3 is 9.47 Å². The Labute approximate surface area is 106 Å². The molecular formula is C12H9BrFNO2. The van der Waals surface area contributed by atoms with Crippen LogP contribution in [0.2, 0.25) is 0 Å². The molecule has 0 fully saturated rings. The van der Waals surface area contributed by atoms with Crippen molar-refractivity contribution >= 4 is 15.9 Å². The first-order chi connectivity index (χ1) is 8.19. The Hall–Kier alpha value is -1.62. The van der Waals surface area contributed by atoms with E-state index in [1.165, 1.54) is 12.1 Å². The summed E-state index contributed by atoms with van der Waals surface area (Å²) < 4.78 is 24.1. The third kappa shape index (κ3) is 2.94. The van der Waals surface area contributed by atoms with Gasteiger partial charge in [0, 0.05) is 6.07 Å². The molecule has 2 aromatic rings. The van der Waals surface area contributed by atoms with Crippen molar-refractivity contribution in [2.75, 3.05) is 7.11 Å². The zero-order valence-electron chi connectivity index (χ0n) is 8.98. The van der Waals surface area contributed by atoms with Crippen LogP contribution in [0, 0.1) is 5.95 Å². The molecule has 0 saturated heterocycles. The van der Waals surface area contributed by atoms with E-state index in [1.807, 2.05) is 0 Å². The molecule has 0 radical (unpaired) electrons. The molecule has 0 saturated carbocycles. The minimum atomic E-state index is -0.577. The summed E-state index contributed by atoms with van der Waals surface area (Å²) >= 11 is 3.34.